The zero-order valence-corrected chi connectivity index (χ0v) is 19.0. The third-order valence-corrected chi connectivity index (χ3v) is 5.67. The molecule has 162 valence electrons. The van der Waals surface area contributed by atoms with Gasteiger partial charge in [0.25, 0.3) is 5.56 Å². The fourth-order valence-corrected chi connectivity index (χ4v) is 3.88. The van der Waals surface area contributed by atoms with E-state index in [4.69, 9.17) is 28.6 Å². The summed E-state index contributed by atoms with van der Waals surface area (Å²) in [6, 6.07) is 24.9. The maximum Gasteiger partial charge on any atom is 0.253 e. The van der Waals surface area contributed by atoms with E-state index < -0.39 is 0 Å². The van der Waals surface area contributed by atoms with Gasteiger partial charge in [-0.3, -0.25) is 4.79 Å². The number of anilines is 1. The number of rotatable bonds is 6. The van der Waals surface area contributed by atoms with E-state index in [0.717, 1.165) is 22.2 Å². The van der Waals surface area contributed by atoms with Crippen LogP contribution in [0.1, 0.15) is 11.1 Å². The Bertz CT molecular complexity index is 1310. The molecule has 3 aromatic carbocycles. The topological polar surface area (TPSA) is 57.4 Å². The molecule has 0 aliphatic heterocycles. The van der Waals surface area contributed by atoms with Crippen molar-refractivity contribution in [2.45, 2.75) is 13.1 Å². The first kappa shape index (κ1) is 21.9. The molecule has 7 heteroatoms. The van der Waals surface area contributed by atoms with Gasteiger partial charge in [0.15, 0.2) is 5.11 Å². The van der Waals surface area contributed by atoms with Crippen LogP contribution >= 0.6 is 23.8 Å². The highest BCUT2D eigenvalue weighted by Gasteiger charge is 2.15. The number of methoxy groups -OCH3 is 1. The number of pyridine rings is 1. The highest BCUT2D eigenvalue weighted by atomic mass is 35.5. The Balaban J connectivity index is 1.64. The normalized spacial score (nSPS) is 10.7. The van der Waals surface area contributed by atoms with Crippen LogP contribution in [0.4, 0.5) is 5.69 Å². The molecule has 0 saturated carbocycles. The van der Waals surface area contributed by atoms with Gasteiger partial charge in [-0.2, -0.15) is 0 Å². The fraction of sp³-hybridized carbons (Fsp3) is 0.120. The number of nitrogens with one attached hydrogen (secondary N) is 2. The second kappa shape index (κ2) is 9.85. The second-order valence-electron chi connectivity index (χ2n) is 7.36. The number of thiocarbonyl (C=S) groups is 1. The number of hydrogen-bond acceptors (Lipinski definition) is 3. The first-order chi connectivity index (χ1) is 15.5. The number of ether oxygens (including phenoxy) is 1. The van der Waals surface area contributed by atoms with E-state index in [1.165, 1.54) is 0 Å². The molecule has 0 aliphatic rings. The average Bonchev–Trinajstić information content (AvgIpc) is 2.79. The Kier molecular flexibility index (Phi) is 6.73. The molecule has 0 bridgehead atoms. The van der Waals surface area contributed by atoms with Crippen LogP contribution in [0.25, 0.3) is 10.9 Å². The lowest BCUT2D eigenvalue weighted by atomic mass is 10.1. The van der Waals surface area contributed by atoms with Gasteiger partial charge < -0.3 is 19.9 Å². The Morgan fingerprint density at radius 2 is 1.84 bits per heavy atom. The first-order valence-corrected chi connectivity index (χ1v) is 10.9. The number of fused-ring (bicyclic) bond motifs is 1. The molecule has 0 amide bonds. The Hall–Kier alpha value is -3.35. The fourth-order valence-electron chi connectivity index (χ4n) is 3.45. The molecule has 0 aliphatic carbocycles. The van der Waals surface area contributed by atoms with Crippen LogP contribution < -0.4 is 15.6 Å². The summed E-state index contributed by atoms with van der Waals surface area (Å²) in [5.41, 5.74) is 3.07. The van der Waals surface area contributed by atoms with Crippen LogP contribution in [0.3, 0.4) is 0 Å². The predicted octanol–water partition coefficient (Wildman–Crippen LogP) is 5.59. The average molecular weight is 464 g/mol. The van der Waals surface area contributed by atoms with Gasteiger partial charge in [-0.05, 0) is 59.6 Å². The zero-order chi connectivity index (χ0) is 22.5. The largest absolute Gasteiger partial charge is 0.497 e. The van der Waals surface area contributed by atoms with E-state index in [9.17, 15) is 4.79 Å². The molecule has 0 radical (unpaired) electrons. The smallest absolute Gasteiger partial charge is 0.253 e. The van der Waals surface area contributed by atoms with Crippen LogP contribution in [0.2, 0.25) is 5.02 Å². The Morgan fingerprint density at radius 3 is 2.59 bits per heavy atom. The minimum absolute atomic E-state index is 0.158. The summed E-state index contributed by atoms with van der Waals surface area (Å²) in [5.74, 6) is 0.693. The van der Waals surface area contributed by atoms with Crippen molar-refractivity contribution in [3.05, 3.63) is 105 Å². The van der Waals surface area contributed by atoms with Crippen molar-refractivity contribution in [1.29, 1.82) is 0 Å². The minimum atomic E-state index is -0.158. The van der Waals surface area contributed by atoms with Gasteiger partial charge in [0.1, 0.15) is 5.75 Å². The SMILES string of the molecule is COc1ccc2cc(CN(Cc3ccccc3)C(=S)Nc3cccc(Cl)c3)c(=O)[nH]c2c1. The molecule has 4 aromatic rings. The van der Waals surface area contributed by atoms with Crippen molar-refractivity contribution in [3.8, 4) is 5.75 Å². The summed E-state index contributed by atoms with van der Waals surface area (Å²) in [5, 5.41) is 5.29. The van der Waals surface area contributed by atoms with E-state index in [-0.39, 0.29) is 5.56 Å². The summed E-state index contributed by atoms with van der Waals surface area (Å²) < 4.78 is 5.25. The lowest BCUT2D eigenvalue weighted by Gasteiger charge is -2.26. The van der Waals surface area contributed by atoms with Crippen molar-refractivity contribution in [2.24, 2.45) is 0 Å². The Labute approximate surface area is 196 Å². The van der Waals surface area contributed by atoms with Crippen molar-refractivity contribution in [2.75, 3.05) is 12.4 Å². The van der Waals surface area contributed by atoms with Crippen LogP contribution in [-0.2, 0) is 13.1 Å². The number of benzene rings is 3. The second-order valence-corrected chi connectivity index (χ2v) is 8.18. The maximum atomic E-state index is 12.8. The molecule has 1 aromatic heterocycles. The number of halogens is 1. The molecular weight excluding hydrogens is 442 g/mol. The minimum Gasteiger partial charge on any atom is -0.497 e. The number of hydrogen-bond donors (Lipinski definition) is 2. The number of nitrogens with zero attached hydrogens (tertiary/aromatic N) is 1. The van der Waals surface area contributed by atoms with Gasteiger partial charge in [-0.25, -0.2) is 0 Å². The van der Waals surface area contributed by atoms with E-state index in [0.29, 0.717) is 34.5 Å². The van der Waals surface area contributed by atoms with Gasteiger partial charge in [-0.15, -0.1) is 0 Å². The summed E-state index contributed by atoms with van der Waals surface area (Å²) in [6.45, 7) is 0.895. The van der Waals surface area contributed by atoms with Gasteiger partial charge in [0.2, 0.25) is 0 Å². The van der Waals surface area contributed by atoms with Crippen molar-refractivity contribution in [3.63, 3.8) is 0 Å². The molecule has 2 N–H and O–H groups in total. The lowest BCUT2D eigenvalue weighted by molar-refractivity contribution is 0.411. The van der Waals surface area contributed by atoms with E-state index in [2.05, 4.69) is 10.3 Å². The van der Waals surface area contributed by atoms with Crippen LogP contribution in [0, 0.1) is 0 Å². The summed E-state index contributed by atoms with van der Waals surface area (Å²) >= 11 is 11.8. The molecule has 1 heterocycles. The highest BCUT2D eigenvalue weighted by Crippen LogP contribution is 2.20. The predicted molar refractivity (Wildman–Crippen MR) is 134 cm³/mol. The van der Waals surface area contributed by atoms with Crippen LogP contribution in [0.5, 0.6) is 5.75 Å². The molecule has 0 fully saturated rings. The molecule has 0 spiro atoms. The quantitative estimate of drug-likeness (QED) is 0.365. The first-order valence-electron chi connectivity index (χ1n) is 10.1. The molecule has 0 unspecified atom stereocenters. The van der Waals surface area contributed by atoms with Gasteiger partial charge >= 0.3 is 0 Å². The van der Waals surface area contributed by atoms with Gasteiger partial charge in [0.05, 0.1) is 19.2 Å². The summed E-state index contributed by atoms with van der Waals surface area (Å²) in [4.78, 5) is 17.8. The van der Waals surface area contributed by atoms with Crippen molar-refractivity contribution >= 4 is 45.5 Å². The van der Waals surface area contributed by atoms with Crippen molar-refractivity contribution < 1.29 is 4.74 Å². The standard InChI is InChI=1S/C25H22ClN3O2S/c1-31-22-11-10-18-12-19(24(30)28-23(18)14-22)16-29(15-17-6-3-2-4-7-17)25(32)27-21-9-5-8-20(26)13-21/h2-14H,15-16H2,1H3,(H,27,32)(H,28,30). The lowest BCUT2D eigenvalue weighted by Crippen LogP contribution is -2.35. The Morgan fingerprint density at radius 1 is 1.03 bits per heavy atom. The van der Waals surface area contributed by atoms with E-state index in [1.807, 2.05) is 77.7 Å². The van der Waals surface area contributed by atoms with Crippen molar-refractivity contribution in [1.82, 2.24) is 9.88 Å². The number of aromatic amines is 1. The monoisotopic (exact) mass is 463 g/mol. The molecule has 0 atom stereocenters. The molecule has 4 rings (SSSR count). The third kappa shape index (κ3) is 5.28. The van der Waals surface area contributed by atoms with E-state index in [1.54, 1.807) is 13.2 Å². The molecular formula is C25H22ClN3O2S. The number of H-pyrrole nitrogens is 1. The molecule has 5 nitrogen and oxygen atoms in total. The highest BCUT2D eigenvalue weighted by molar-refractivity contribution is 7.80. The molecule has 32 heavy (non-hydrogen) atoms. The van der Waals surface area contributed by atoms with Crippen LogP contribution in [-0.4, -0.2) is 22.1 Å². The summed E-state index contributed by atoms with van der Waals surface area (Å²) in [7, 11) is 1.60. The van der Waals surface area contributed by atoms with E-state index >= 15 is 0 Å². The van der Waals surface area contributed by atoms with Gasteiger partial charge in [0, 0.05) is 28.9 Å². The summed E-state index contributed by atoms with van der Waals surface area (Å²) in [6.07, 6.45) is 0. The van der Waals surface area contributed by atoms with Gasteiger partial charge in [-0.1, -0.05) is 48.0 Å². The zero-order valence-electron chi connectivity index (χ0n) is 17.5. The third-order valence-electron chi connectivity index (χ3n) is 5.07. The van der Waals surface area contributed by atoms with Crippen LogP contribution in [0.15, 0.2) is 83.7 Å². The molecule has 0 saturated heterocycles. The maximum absolute atomic E-state index is 12.8. The number of aromatic nitrogens is 1.